The summed E-state index contributed by atoms with van der Waals surface area (Å²) in [6.45, 7) is 5.10. The fraction of sp³-hybridized carbons (Fsp3) is 0.550. The van der Waals surface area contributed by atoms with Gasteiger partial charge in [-0.1, -0.05) is 139 Å². The number of hydrogen-bond acceptors (Lipinski definition) is 1. The van der Waals surface area contributed by atoms with Gasteiger partial charge in [0.2, 0.25) is 0 Å². The van der Waals surface area contributed by atoms with E-state index >= 15 is 8.78 Å². The van der Waals surface area contributed by atoms with Crippen molar-refractivity contribution in [2.75, 3.05) is 6.61 Å². The minimum Gasteiger partial charge on any atom is -0.378 e. The first kappa shape index (κ1) is 34.3. The summed E-state index contributed by atoms with van der Waals surface area (Å²) in [5.74, 6) is -1.61. The van der Waals surface area contributed by atoms with E-state index in [0.717, 1.165) is 44.1 Å². The lowest BCUT2D eigenvalue weighted by molar-refractivity contribution is -0.00217. The molecule has 1 aliphatic rings. The molecule has 1 saturated heterocycles. The van der Waals surface area contributed by atoms with Crippen molar-refractivity contribution in [3.8, 4) is 22.3 Å². The van der Waals surface area contributed by atoms with Crippen molar-refractivity contribution in [3.63, 3.8) is 0 Å². The van der Waals surface area contributed by atoms with Crippen LogP contribution in [-0.4, -0.2) is 12.7 Å². The van der Waals surface area contributed by atoms with E-state index in [9.17, 15) is 4.39 Å². The summed E-state index contributed by atoms with van der Waals surface area (Å²) in [4.78, 5) is 0. The second kappa shape index (κ2) is 18.4. The molecule has 3 aromatic rings. The minimum atomic E-state index is -0.807. The molecule has 2 unspecified atom stereocenters. The zero-order valence-corrected chi connectivity index (χ0v) is 27.1. The van der Waals surface area contributed by atoms with Crippen molar-refractivity contribution in [2.45, 2.75) is 135 Å². The van der Waals surface area contributed by atoms with Gasteiger partial charge in [-0.25, -0.2) is 13.2 Å². The number of aryl methyl sites for hydroxylation is 1. The lowest BCUT2D eigenvalue weighted by Crippen LogP contribution is -2.24. The van der Waals surface area contributed by atoms with E-state index in [1.54, 1.807) is 42.5 Å². The molecule has 240 valence electrons. The molecule has 0 aromatic heterocycles. The molecule has 0 radical (unpaired) electrons. The highest BCUT2D eigenvalue weighted by molar-refractivity contribution is 5.71. The molecule has 4 heteroatoms. The van der Waals surface area contributed by atoms with Crippen molar-refractivity contribution < 1.29 is 17.9 Å². The van der Waals surface area contributed by atoms with Gasteiger partial charge in [0.1, 0.15) is 5.82 Å². The third kappa shape index (κ3) is 9.96. The smallest absolute Gasteiger partial charge is 0.166 e. The van der Waals surface area contributed by atoms with Crippen molar-refractivity contribution in [1.82, 2.24) is 0 Å². The number of rotatable bonds is 18. The Kier molecular flexibility index (Phi) is 14.3. The Bertz CT molecular complexity index is 1260. The maximum atomic E-state index is 15.3. The Labute approximate surface area is 264 Å². The zero-order valence-electron chi connectivity index (χ0n) is 27.1. The summed E-state index contributed by atoms with van der Waals surface area (Å²) in [6.07, 6.45) is 19.8. The number of unbranched alkanes of at least 4 members (excludes halogenated alkanes) is 11. The minimum absolute atomic E-state index is 0.216. The number of hydrogen-bond donors (Lipinski definition) is 0. The van der Waals surface area contributed by atoms with Crippen LogP contribution < -0.4 is 0 Å². The van der Waals surface area contributed by atoms with Crippen molar-refractivity contribution in [3.05, 3.63) is 83.2 Å². The molecule has 1 fully saturated rings. The quantitative estimate of drug-likeness (QED) is 0.131. The van der Waals surface area contributed by atoms with Crippen LogP contribution in [-0.2, 0) is 11.2 Å². The molecule has 1 nitrogen and oxygen atoms in total. The Morgan fingerprint density at radius 1 is 0.614 bits per heavy atom. The molecule has 0 bridgehead atoms. The van der Waals surface area contributed by atoms with Gasteiger partial charge in [-0.2, -0.15) is 0 Å². The molecule has 0 aliphatic carbocycles. The summed E-state index contributed by atoms with van der Waals surface area (Å²) in [5, 5.41) is 0. The highest BCUT2D eigenvalue weighted by Crippen LogP contribution is 2.34. The summed E-state index contributed by atoms with van der Waals surface area (Å²) in [6, 6.07) is 15.9. The molecule has 44 heavy (non-hydrogen) atoms. The Morgan fingerprint density at radius 2 is 1.20 bits per heavy atom. The first-order valence-corrected chi connectivity index (χ1v) is 17.5. The van der Waals surface area contributed by atoms with Gasteiger partial charge in [-0.15, -0.1) is 0 Å². The molecule has 2 atom stereocenters. The molecule has 0 saturated carbocycles. The second-order valence-corrected chi connectivity index (χ2v) is 12.9. The van der Waals surface area contributed by atoms with Gasteiger partial charge in [-0.05, 0) is 60.4 Å². The average Bonchev–Trinajstić information content (AvgIpc) is 3.04. The topological polar surface area (TPSA) is 9.23 Å². The molecular weight excluding hydrogens is 553 g/mol. The Hall–Kier alpha value is -2.59. The normalized spacial score (nSPS) is 16.8. The van der Waals surface area contributed by atoms with E-state index < -0.39 is 11.6 Å². The molecule has 1 aliphatic heterocycles. The first-order valence-electron chi connectivity index (χ1n) is 17.5. The van der Waals surface area contributed by atoms with Gasteiger partial charge >= 0.3 is 0 Å². The molecule has 0 amide bonds. The third-order valence-electron chi connectivity index (χ3n) is 9.43. The molecule has 3 aromatic carbocycles. The van der Waals surface area contributed by atoms with Crippen molar-refractivity contribution in [1.29, 1.82) is 0 Å². The van der Waals surface area contributed by atoms with E-state index in [2.05, 4.69) is 13.8 Å². The molecule has 4 rings (SSSR count). The fourth-order valence-electron chi connectivity index (χ4n) is 6.58. The number of benzene rings is 3. The number of halogens is 3. The standard InChI is InChI=1S/C40H53F3O/c1-3-5-7-9-10-11-13-14-16-32-23-27-37(40(43)39(32)42)31-20-18-30(19-21-31)36-26-24-33(28-38(36)41)34-22-25-35(44-29-34)17-15-12-8-6-4-2/h18-21,23-24,26-28,34-35H,3-17,22,25,29H2,1-2H3. The molecule has 0 N–H and O–H groups in total. The number of ether oxygens (including phenoxy) is 1. The predicted octanol–water partition coefficient (Wildman–Crippen LogP) is 12.7. The zero-order chi connectivity index (χ0) is 31.1. The highest BCUT2D eigenvalue weighted by Gasteiger charge is 2.23. The van der Waals surface area contributed by atoms with Crippen molar-refractivity contribution in [2.24, 2.45) is 0 Å². The molecular formula is C40H53F3O. The Morgan fingerprint density at radius 3 is 1.82 bits per heavy atom. The lowest BCUT2D eigenvalue weighted by atomic mass is 9.89. The van der Waals surface area contributed by atoms with Crippen LogP contribution in [0.5, 0.6) is 0 Å². The van der Waals surface area contributed by atoms with Crippen molar-refractivity contribution >= 4 is 0 Å². The van der Waals surface area contributed by atoms with E-state index in [1.807, 2.05) is 12.1 Å². The van der Waals surface area contributed by atoms with Gasteiger partial charge in [0.05, 0.1) is 12.7 Å². The summed E-state index contributed by atoms with van der Waals surface area (Å²) in [5.41, 5.74) is 3.47. The maximum absolute atomic E-state index is 15.3. The van der Waals surface area contributed by atoms with Gasteiger partial charge in [0.25, 0.3) is 0 Å². The highest BCUT2D eigenvalue weighted by atomic mass is 19.2. The molecule has 0 spiro atoms. The van der Waals surface area contributed by atoms with Gasteiger partial charge in [-0.3, -0.25) is 0 Å². The van der Waals surface area contributed by atoms with Crippen LogP contribution >= 0.6 is 0 Å². The Balaban J connectivity index is 1.29. The van der Waals surface area contributed by atoms with Gasteiger partial charge in [0, 0.05) is 17.0 Å². The van der Waals surface area contributed by atoms with Gasteiger partial charge in [0.15, 0.2) is 11.6 Å². The summed E-state index contributed by atoms with van der Waals surface area (Å²) < 4.78 is 51.5. The van der Waals surface area contributed by atoms with Crippen LogP contribution in [0.1, 0.15) is 134 Å². The van der Waals surface area contributed by atoms with Crippen LogP contribution in [0.4, 0.5) is 13.2 Å². The largest absolute Gasteiger partial charge is 0.378 e. The van der Waals surface area contributed by atoms with Crippen LogP contribution in [0.25, 0.3) is 22.3 Å². The summed E-state index contributed by atoms with van der Waals surface area (Å²) >= 11 is 0. The first-order chi connectivity index (χ1) is 21.5. The second-order valence-electron chi connectivity index (χ2n) is 12.9. The van der Waals surface area contributed by atoms with E-state index in [0.29, 0.717) is 41.4 Å². The van der Waals surface area contributed by atoms with Crippen LogP contribution in [0, 0.1) is 17.5 Å². The van der Waals surface area contributed by atoms with Crippen LogP contribution in [0.2, 0.25) is 0 Å². The maximum Gasteiger partial charge on any atom is 0.166 e. The third-order valence-corrected chi connectivity index (χ3v) is 9.43. The van der Waals surface area contributed by atoms with E-state index in [-0.39, 0.29) is 17.3 Å². The van der Waals surface area contributed by atoms with Crippen LogP contribution in [0.3, 0.4) is 0 Å². The van der Waals surface area contributed by atoms with Crippen LogP contribution in [0.15, 0.2) is 54.6 Å². The molecule has 1 heterocycles. The SMILES string of the molecule is CCCCCCCCCCc1ccc(-c2ccc(-c3ccc(C4CCC(CCCCCCC)OC4)cc3F)cc2)c(F)c1F. The van der Waals surface area contributed by atoms with Gasteiger partial charge < -0.3 is 4.74 Å². The average molecular weight is 607 g/mol. The fourth-order valence-corrected chi connectivity index (χ4v) is 6.58. The monoisotopic (exact) mass is 606 g/mol. The summed E-state index contributed by atoms with van der Waals surface area (Å²) in [7, 11) is 0. The lowest BCUT2D eigenvalue weighted by Gasteiger charge is -2.29. The van der Waals surface area contributed by atoms with E-state index in [4.69, 9.17) is 4.74 Å². The predicted molar refractivity (Wildman–Crippen MR) is 179 cm³/mol. The van der Waals surface area contributed by atoms with E-state index in [1.165, 1.54) is 64.2 Å².